The number of phenols is 1. The molecule has 0 atom stereocenters. The maximum atomic E-state index is 11.1. The topological polar surface area (TPSA) is 83.8 Å². The number of benzene rings is 1. The predicted molar refractivity (Wildman–Crippen MR) is 49.0 cm³/mol. The minimum absolute atomic E-state index is 0.00991. The normalized spacial score (nSPS) is 10.6. The van der Waals surface area contributed by atoms with Crippen LogP contribution >= 0.6 is 0 Å². The smallest absolute Gasteiger partial charge is 0.240 e. The van der Waals surface area contributed by atoms with Crippen LogP contribution in [0.1, 0.15) is 0 Å². The molecule has 0 aliphatic carbocycles. The summed E-state index contributed by atoms with van der Waals surface area (Å²) in [5.41, 5.74) is -0.108. The van der Waals surface area contributed by atoms with Crippen molar-refractivity contribution in [3.63, 3.8) is 0 Å². The van der Waals surface area contributed by atoms with Crippen molar-refractivity contribution in [2.24, 2.45) is 4.99 Å². The third-order valence-electron chi connectivity index (χ3n) is 1.54. The van der Waals surface area contributed by atoms with Crippen molar-refractivity contribution in [3.05, 3.63) is 18.2 Å². The Labute approximate surface area is 80.6 Å². The lowest BCUT2D eigenvalue weighted by atomic mass is 10.3. The second-order valence-electron chi connectivity index (χ2n) is 2.63. The highest BCUT2D eigenvalue weighted by Gasteiger charge is 2.09. The summed E-state index contributed by atoms with van der Waals surface area (Å²) in [5.74, 6) is -0.263. The van der Waals surface area contributed by atoms with E-state index in [1.165, 1.54) is 12.1 Å². The molecule has 0 radical (unpaired) electrons. The Morgan fingerprint density at radius 2 is 2.07 bits per heavy atom. The fraction of sp³-hybridized carbons (Fsp3) is 0.125. The molecular weight excluding hydrogens is 206 g/mol. The first-order chi connectivity index (χ1) is 6.45. The van der Waals surface area contributed by atoms with Crippen LogP contribution in [0.25, 0.3) is 0 Å². The van der Waals surface area contributed by atoms with E-state index in [-0.39, 0.29) is 16.3 Å². The number of hydrogen-bond donors (Lipinski definition) is 1. The molecule has 0 saturated heterocycles. The van der Waals surface area contributed by atoms with Crippen LogP contribution in [0.3, 0.4) is 0 Å². The number of aliphatic imine (C=N–C) groups is 1. The lowest BCUT2D eigenvalue weighted by molar-refractivity contribution is 0.476. The summed E-state index contributed by atoms with van der Waals surface area (Å²) < 4.78 is 22.2. The van der Waals surface area contributed by atoms with Gasteiger partial charge in [-0.15, -0.1) is 0 Å². The van der Waals surface area contributed by atoms with Crippen LogP contribution < -0.4 is 0 Å². The molecule has 0 bridgehead atoms. The zero-order valence-corrected chi connectivity index (χ0v) is 8.08. The quantitative estimate of drug-likeness (QED) is 0.580. The highest BCUT2D eigenvalue weighted by atomic mass is 32.2. The van der Waals surface area contributed by atoms with Crippen molar-refractivity contribution in [3.8, 4) is 5.75 Å². The van der Waals surface area contributed by atoms with Crippen molar-refractivity contribution < 1.29 is 18.3 Å². The minimum Gasteiger partial charge on any atom is -0.506 e. The van der Waals surface area contributed by atoms with Gasteiger partial charge < -0.3 is 5.11 Å². The maximum absolute atomic E-state index is 11.1. The Bertz CT molecular complexity index is 500. The Morgan fingerprint density at radius 3 is 2.57 bits per heavy atom. The monoisotopic (exact) mass is 213 g/mol. The van der Waals surface area contributed by atoms with Crippen LogP contribution in [0.5, 0.6) is 5.75 Å². The van der Waals surface area contributed by atoms with Crippen LogP contribution in [0.2, 0.25) is 0 Å². The molecule has 0 fully saturated rings. The van der Waals surface area contributed by atoms with Crippen molar-refractivity contribution in [1.82, 2.24) is 0 Å². The predicted octanol–water partition coefficient (Wildman–Crippen LogP) is 0.763. The lowest BCUT2D eigenvalue weighted by Gasteiger charge is -2.00. The van der Waals surface area contributed by atoms with E-state index in [1.807, 2.05) is 0 Å². The number of phenolic OH excluding ortho intramolecular Hbond substituents is 1. The Balaban J connectivity index is 3.41. The largest absolute Gasteiger partial charge is 0.506 e. The molecule has 0 aromatic heterocycles. The van der Waals surface area contributed by atoms with E-state index in [0.29, 0.717) is 0 Å². The molecule has 14 heavy (non-hydrogen) atoms. The fourth-order valence-electron chi connectivity index (χ4n) is 0.873. The van der Waals surface area contributed by atoms with Crippen molar-refractivity contribution in [1.29, 1.82) is 0 Å². The highest BCUT2D eigenvalue weighted by Crippen LogP contribution is 2.28. The molecule has 1 aromatic rings. The summed E-state index contributed by atoms with van der Waals surface area (Å²) in [7, 11) is -3.36. The van der Waals surface area contributed by atoms with E-state index in [9.17, 15) is 13.2 Å². The van der Waals surface area contributed by atoms with Gasteiger partial charge in [0.05, 0.1) is 4.90 Å². The SMILES string of the molecule is CS(=O)(=O)c1ccc(O)c(N=C=O)c1. The molecule has 6 heteroatoms. The Hall–Kier alpha value is -1.65. The van der Waals surface area contributed by atoms with Gasteiger partial charge in [-0.3, -0.25) is 0 Å². The zero-order chi connectivity index (χ0) is 10.8. The van der Waals surface area contributed by atoms with Gasteiger partial charge in [0.1, 0.15) is 11.4 Å². The molecule has 5 nitrogen and oxygen atoms in total. The first kappa shape index (κ1) is 10.4. The summed E-state index contributed by atoms with van der Waals surface area (Å²) >= 11 is 0. The van der Waals surface area contributed by atoms with Crippen LogP contribution in [0, 0.1) is 0 Å². The molecule has 0 aliphatic rings. The van der Waals surface area contributed by atoms with Gasteiger partial charge in [0.25, 0.3) is 0 Å². The zero-order valence-electron chi connectivity index (χ0n) is 7.26. The number of rotatable bonds is 2. The van der Waals surface area contributed by atoms with E-state index in [4.69, 9.17) is 5.11 Å². The summed E-state index contributed by atoms with van der Waals surface area (Å²) in [6.07, 6.45) is 2.25. The third kappa shape index (κ3) is 2.18. The molecule has 1 aromatic carbocycles. The molecule has 0 heterocycles. The summed E-state index contributed by atoms with van der Waals surface area (Å²) in [6.45, 7) is 0. The van der Waals surface area contributed by atoms with E-state index in [0.717, 1.165) is 18.4 Å². The number of isocyanates is 1. The molecule has 0 aliphatic heterocycles. The first-order valence-electron chi connectivity index (χ1n) is 3.56. The maximum Gasteiger partial charge on any atom is 0.240 e. The molecule has 0 unspecified atom stereocenters. The second kappa shape index (κ2) is 3.61. The first-order valence-corrected chi connectivity index (χ1v) is 5.45. The molecule has 0 spiro atoms. The molecule has 74 valence electrons. The summed E-state index contributed by atoms with van der Waals surface area (Å²) in [6, 6.07) is 3.50. The third-order valence-corrected chi connectivity index (χ3v) is 2.65. The van der Waals surface area contributed by atoms with Crippen molar-refractivity contribution >= 4 is 21.6 Å². The Morgan fingerprint density at radius 1 is 1.43 bits per heavy atom. The van der Waals surface area contributed by atoms with Gasteiger partial charge in [0.2, 0.25) is 6.08 Å². The van der Waals surface area contributed by atoms with Gasteiger partial charge in [-0.2, -0.15) is 4.99 Å². The summed E-state index contributed by atoms with van der Waals surface area (Å²) in [4.78, 5) is 13.1. The molecule has 0 saturated carbocycles. The average molecular weight is 213 g/mol. The molecular formula is C8H7NO4S. The van der Waals surface area contributed by atoms with E-state index in [1.54, 1.807) is 0 Å². The number of nitrogens with zero attached hydrogens (tertiary/aromatic N) is 1. The highest BCUT2D eigenvalue weighted by molar-refractivity contribution is 7.90. The van der Waals surface area contributed by atoms with Gasteiger partial charge in [0, 0.05) is 6.26 Å². The van der Waals surface area contributed by atoms with Gasteiger partial charge in [-0.25, -0.2) is 13.2 Å². The standard InChI is InChI=1S/C8H7NO4S/c1-14(12,13)6-2-3-8(11)7(4-6)9-5-10/h2-4,11H,1H3. The van der Waals surface area contributed by atoms with Gasteiger partial charge in [0.15, 0.2) is 9.84 Å². The summed E-state index contributed by atoms with van der Waals surface area (Å²) in [5, 5.41) is 9.16. The molecule has 1 N–H and O–H groups in total. The lowest BCUT2D eigenvalue weighted by Crippen LogP contribution is -1.95. The van der Waals surface area contributed by atoms with E-state index >= 15 is 0 Å². The van der Waals surface area contributed by atoms with Gasteiger partial charge in [-0.1, -0.05) is 0 Å². The number of sulfone groups is 1. The second-order valence-corrected chi connectivity index (χ2v) is 4.64. The number of aromatic hydroxyl groups is 1. The van der Waals surface area contributed by atoms with E-state index in [2.05, 4.69) is 4.99 Å². The molecule has 0 amide bonds. The van der Waals surface area contributed by atoms with Crippen molar-refractivity contribution in [2.45, 2.75) is 4.90 Å². The van der Waals surface area contributed by atoms with Crippen LogP contribution in [0.4, 0.5) is 5.69 Å². The minimum atomic E-state index is -3.36. The molecule has 1 rings (SSSR count). The number of hydrogen-bond acceptors (Lipinski definition) is 5. The van der Waals surface area contributed by atoms with Gasteiger partial charge in [-0.05, 0) is 18.2 Å². The average Bonchev–Trinajstić information content (AvgIpc) is 2.07. The Kier molecular flexibility index (Phi) is 2.69. The van der Waals surface area contributed by atoms with E-state index < -0.39 is 9.84 Å². The van der Waals surface area contributed by atoms with Crippen molar-refractivity contribution in [2.75, 3.05) is 6.26 Å². The van der Waals surface area contributed by atoms with Crippen LogP contribution in [-0.2, 0) is 14.6 Å². The van der Waals surface area contributed by atoms with Crippen LogP contribution in [0.15, 0.2) is 28.1 Å². The fourth-order valence-corrected chi connectivity index (χ4v) is 1.51. The number of carbonyl (C=O) groups excluding carboxylic acids is 1. The van der Waals surface area contributed by atoms with Gasteiger partial charge >= 0.3 is 0 Å². The van der Waals surface area contributed by atoms with Crippen LogP contribution in [-0.4, -0.2) is 25.9 Å².